The van der Waals surface area contributed by atoms with Gasteiger partial charge in [0.2, 0.25) is 0 Å². The lowest BCUT2D eigenvalue weighted by atomic mass is 10.0. The monoisotopic (exact) mass is 224 g/mol. The number of hydrogen-bond donors (Lipinski definition) is 1. The second-order valence-electron chi connectivity index (χ2n) is 4.74. The van der Waals surface area contributed by atoms with Gasteiger partial charge in [0.25, 0.3) is 0 Å². The summed E-state index contributed by atoms with van der Waals surface area (Å²) in [4.78, 5) is 2.38. The molecule has 0 radical (unpaired) electrons. The second-order valence-corrected chi connectivity index (χ2v) is 4.74. The van der Waals surface area contributed by atoms with Crippen LogP contribution in [0, 0.1) is 0 Å². The van der Waals surface area contributed by atoms with Crippen molar-refractivity contribution in [1.82, 2.24) is 14.7 Å². The maximum Gasteiger partial charge on any atom is 0.0534 e. The number of hydrogen-bond acceptors (Lipinski definition) is 3. The molecule has 2 N–H and O–H groups in total. The van der Waals surface area contributed by atoms with Crippen LogP contribution in [-0.2, 0) is 13.1 Å². The molecule has 0 amide bonds. The quantitative estimate of drug-likeness (QED) is 0.796. The van der Waals surface area contributed by atoms with E-state index in [0.29, 0.717) is 6.54 Å². The maximum atomic E-state index is 5.81. The van der Waals surface area contributed by atoms with E-state index in [1.165, 1.54) is 5.56 Å². The summed E-state index contributed by atoms with van der Waals surface area (Å²) in [6.07, 6.45) is 4.05. The zero-order valence-electron chi connectivity index (χ0n) is 10.9. The van der Waals surface area contributed by atoms with Gasteiger partial charge in [-0.25, -0.2) is 0 Å². The van der Waals surface area contributed by atoms with E-state index in [1.54, 1.807) is 0 Å². The molecule has 0 atom stereocenters. The van der Waals surface area contributed by atoms with Gasteiger partial charge in [-0.1, -0.05) is 6.92 Å². The fourth-order valence-corrected chi connectivity index (χ4v) is 1.76. The lowest BCUT2D eigenvalue weighted by molar-refractivity contribution is 0.126. The summed E-state index contributed by atoms with van der Waals surface area (Å²) in [7, 11) is 0. The first kappa shape index (κ1) is 13.2. The Kier molecular flexibility index (Phi) is 4.50. The van der Waals surface area contributed by atoms with Gasteiger partial charge in [0.05, 0.1) is 6.20 Å². The molecule has 1 aromatic rings. The average molecular weight is 224 g/mol. The van der Waals surface area contributed by atoms with Crippen molar-refractivity contribution in [3.05, 3.63) is 18.0 Å². The Bertz CT molecular complexity index is 317. The highest BCUT2D eigenvalue weighted by Crippen LogP contribution is 2.16. The molecule has 4 nitrogen and oxygen atoms in total. The van der Waals surface area contributed by atoms with Crippen molar-refractivity contribution in [3.8, 4) is 0 Å². The van der Waals surface area contributed by atoms with Crippen molar-refractivity contribution in [3.63, 3.8) is 0 Å². The second kappa shape index (κ2) is 5.46. The van der Waals surface area contributed by atoms with Gasteiger partial charge in [0.1, 0.15) is 0 Å². The highest BCUT2D eigenvalue weighted by atomic mass is 15.3. The van der Waals surface area contributed by atoms with E-state index in [4.69, 9.17) is 5.73 Å². The summed E-state index contributed by atoms with van der Waals surface area (Å²) in [6.45, 7) is 12.1. The normalized spacial score (nSPS) is 12.4. The number of nitrogens with two attached hydrogens (primary N) is 1. The first-order valence-corrected chi connectivity index (χ1v) is 6.00. The largest absolute Gasteiger partial charge is 0.329 e. The number of aromatic nitrogens is 2. The van der Waals surface area contributed by atoms with Gasteiger partial charge < -0.3 is 5.73 Å². The molecule has 1 heterocycles. The van der Waals surface area contributed by atoms with E-state index in [1.807, 2.05) is 10.9 Å². The van der Waals surface area contributed by atoms with Crippen molar-refractivity contribution in [2.75, 3.05) is 13.1 Å². The molecule has 0 saturated carbocycles. The zero-order valence-corrected chi connectivity index (χ0v) is 10.9. The van der Waals surface area contributed by atoms with Gasteiger partial charge in [0, 0.05) is 36.9 Å². The van der Waals surface area contributed by atoms with Crippen molar-refractivity contribution < 1.29 is 0 Å². The zero-order chi connectivity index (χ0) is 12.2. The molecule has 0 unspecified atom stereocenters. The Balaban J connectivity index is 2.70. The van der Waals surface area contributed by atoms with Gasteiger partial charge in [0.15, 0.2) is 0 Å². The van der Waals surface area contributed by atoms with Crippen LogP contribution in [-0.4, -0.2) is 33.3 Å². The molecule has 0 fully saturated rings. The number of likely N-dealkylation sites (N-methyl/N-ethyl adjacent to an activating group) is 1. The number of aryl methyl sites for hydroxylation is 1. The van der Waals surface area contributed by atoms with E-state index < -0.39 is 0 Å². The molecule has 0 aliphatic carbocycles. The van der Waals surface area contributed by atoms with Crippen LogP contribution in [0.15, 0.2) is 12.4 Å². The first-order chi connectivity index (χ1) is 7.53. The van der Waals surface area contributed by atoms with Gasteiger partial charge in [-0.15, -0.1) is 0 Å². The molecule has 1 rings (SSSR count). The smallest absolute Gasteiger partial charge is 0.0534 e. The molecule has 1 aromatic heterocycles. The average Bonchev–Trinajstić information content (AvgIpc) is 2.73. The van der Waals surface area contributed by atoms with Crippen molar-refractivity contribution in [1.29, 1.82) is 0 Å². The number of nitrogens with zero attached hydrogens (tertiary/aromatic N) is 3. The van der Waals surface area contributed by atoms with Crippen LogP contribution in [0.25, 0.3) is 0 Å². The first-order valence-electron chi connectivity index (χ1n) is 6.00. The van der Waals surface area contributed by atoms with Gasteiger partial charge in [-0.05, 0) is 27.3 Å². The van der Waals surface area contributed by atoms with E-state index in [9.17, 15) is 0 Å². The third kappa shape index (κ3) is 3.06. The third-order valence-electron chi connectivity index (χ3n) is 3.12. The molecule has 0 aliphatic rings. The van der Waals surface area contributed by atoms with Crippen LogP contribution in [0.3, 0.4) is 0 Å². The van der Waals surface area contributed by atoms with Crippen LogP contribution in [0.5, 0.6) is 0 Å². The SMILES string of the molecule is CCN(Cc1cnn(CC)c1)C(C)(C)CN. The van der Waals surface area contributed by atoms with Gasteiger partial charge in [-0.2, -0.15) is 5.10 Å². The van der Waals surface area contributed by atoms with Crippen LogP contribution in [0.4, 0.5) is 0 Å². The molecule has 0 aliphatic heterocycles. The van der Waals surface area contributed by atoms with E-state index in [2.05, 4.69) is 43.9 Å². The van der Waals surface area contributed by atoms with Crippen molar-refractivity contribution in [2.24, 2.45) is 5.73 Å². The summed E-state index contributed by atoms with van der Waals surface area (Å²) in [6, 6.07) is 0. The third-order valence-corrected chi connectivity index (χ3v) is 3.12. The maximum absolute atomic E-state index is 5.81. The highest BCUT2D eigenvalue weighted by Gasteiger charge is 2.23. The minimum Gasteiger partial charge on any atom is -0.329 e. The van der Waals surface area contributed by atoms with Gasteiger partial charge >= 0.3 is 0 Å². The van der Waals surface area contributed by atoms with E-state index in [-0.39, 0.29) is 5.54 Å². The van der Waals surface area contributed by atoms with Crippen LogP contribution in [0.2, 0.25) is 0 Å². The Labute approximate surface area is 98.4 Å². The minimum absolute atomic E-state index is 0.0447. The highest BCUT2D eigenvalue weighted by molar-refractivity contribution is 5.04. The van der Waals surface area contributed by atoms with E-state index in [0.717, 1.165) is 19.6 Å². The Morgan fingerprint density at radius 3 is 2.56 bits per heavy atom. The topological polar surface area (TPSA) is 47.1 Å². The molecular formula is C12H24N4. The molecule has 0 aromatic carbocycles. The molecule has 0 spiro atoms. The summed E-state index contributed by atoms with van der Waals surface area (Å²) >= 11 is 0. The van der Waals surface area contributed by atoms with Crippen molar-refractivity contribution in [2.45, 2.75) is 46.3 Å². The molecular weight excluding hydrogens is 200 g/mol. The lowest BCUT2D eigenvalue weighted by Crippen LogP contribution is -2.48. The Morgan fingerprint density at radius 2 is 2.12 bits per heavy atom. The Hall–Kier alpha value is -0.870. The fourth-order valence-electron chi connectivity index (χ4n) is 1.76. The summed E-state index contributed by atoms with van der Waals surface area (Å²) < 4.78 is 1.96. The van der Waals surface area contributed by atoms with Gasteiger partial charge in [-0.3, -0.25) is 9.58 Å². The summed E-state index contributed by atoms with van der Waals surface area (Å²) in [5, 5.41) is 4.29. The van der Waals surface area contributed by atoms with Crippen LogP contribution < -0.4 is 5.73 Å². The minimum atomic E-state index is 0.0447. The predicted molar refractivity (Wildman–Crippen MR) is 67.1 cm³/mol. The molecule has 0 bridgehead atoms. The van der Waals surface area contributed by atoms with Crippen molar-refractivity contribution >= 4 is 0 Å². The summed E-state index contributed by atoms with van der Waals surface area (Å²) in [5.41, 5.74) is 7.10. The molecule has 92 valence electrons. The van der Waals surface area contributed by atoms with Crippen LogP contribution in [0.1, 0.15) is 33.3 Å². The van der Waals surface area contributed by atoms with Crippen LogP contribution >= 0.6 is 0 Å². The standard InChI is InChI=1S/C12H24N4/c1-5-15(12(3,4)10-13)8-11-7-14-16(6-2)9-11/h7,9H,5-6,8,10,13H2,1-4H3. The molecule has 16 heavy (non-hydrogen) atoms. The molecule has 4 heteroatoms. The number of rotatable bonds is 6. The molecule has 0 saturated heterocycles. The lowest BCUT2D eigenvalue weighted by Gasteiger charge is -2.36. The Morgan fingerprint density at radius 1 is 1.44 bits per heavy atom. The fraction of sp³-hybridized carbons (Fsp3) is 0.750. The summed E-state index contributed by atoms with van der Waals surface area (Å²) in [5.74, 6) is 0. The van der Waals surface area contributed by atoms with E-state index >= 15 is 0 Å². The predicted octanol–water partition coefficient (Wildman–Crippen LogP) is 1.46.